The fourth-order valence-corrected chi connectivity index (χ4v) is 4.30. The zero-order valence-corrected chi connectivity index (χ0v) is 18.2. The first-order valence-electron chi connectivity index (χ1n) is 8.80. The Kier molecular flexibility index (Phi) is 7.33. The van der Waals surface area contributed by atoms with E-state index in [4.69, 9.17) is 0 Å². The van der Waals surface area contributed by atoms with Crippen molar-refractivity contribution in [1.29, 1.82) is 0 Å². The molecule has 0 fully saturated rings. The molecule has 28 heavy (non-hydrogen) atoms. The number of nitrogens with one attached hydrogen (secondary N) is 1. The molecule has 0 aliphatic heterocycles. The summed E-state index contributed by atoms with van der Waals surface area (Å²) in [4.78, 5) is 0.164. The monoisotopic (exact) mass is 481 g/mol. The third-order valence-electron chi connectivity index (χ3n) is 4.12. The number of alkyl halides is 3. The third kappa shape index (κ3) is 5.81. The zero-order chi connectivity index (χ0) is 21.1. The number of hydrogen-bond acceptors (Lipinski definition) is 3. The van der Waals surface area contributed by atoms with Crippen LogP contribution in [0.3, 0.4) is 0 Å². The van der Waals surface area contributed by atoms with Gasteiger partial charge in [-0.3, -0.25) is 4.68 Å². The lowest BCUT2D eigenvalue weighted by atomic mass is 10.0. The highest BCUT2D eigenvalue weighted by molar-refractivity contribution is 9.10. The quantitative estimate of drug-likeness (QED) is 0.562. The van der Waals surface area contributed by atoms with E-state index in [1.165, 1.54) is 11.6 Å². The topological polar surface area (TPSA) is 64.0 Å². The Balaban J connectivity index is 1.94. The number of hydrogen-bond donors (Lipinski definition) is 1. The van der Waals surface area contributed by atoms with Crippen molar-refractivity contribution in [3.8, 4) is 0 Å². The molecular weight excluding hydrogens is 459 g/mol. The molecule has 1 aromatic carbocycles. The van der Waals surface area contributed by atoms with Gasteiger partial charge in [-0.2, -0.15) is 18.3 Å². The Morgan fingerprint density at radius 3 is 2.32 bits per heavy atom. The van der Waals surface area contributed by atoms with Crippen LogP contribution in [0.2, 0.25) is 0 Å². The van der Waals surface area contributed by atoms with Gasteiger partial charge in [0.2, 0.25) is 10.0 Å². The van der Waals surface area contributed by atoms with E-state index < -0.39 is 21.9 Å². The van der Waals surface area contributed by atoms with Crippen LogP contribution in [0.25, 0.3) is 0 Å². The Bertz CT molecular complexity index is 907. The lowest BCUT2D eigenvalue weighted by Gasteiger charge is -2.09. The van der Waals surface area contributed by atoms with Gasteiger partial charge in [-0.1, -0.05) is 26.0 Å². The van der Waals surface area contributed by atoms with Crippen molar-refractivity contribution >= 4 is 26.0 Å². The number of aryl methyl sites for hydroxylation is 1. The summed E-state index contributed by atoms with van der Waals surface area (Å²) in [5.74, 6) is 0.476. The van der Waals surface area contributed by atoms with Crippen molar-refractivity contribution < 1.29 is 21.6 Å². The molecule has 0 bridgehead atoms. The Morgan fingerprint density at radius 2 is 1.82 bits per heavy atom. The van der Waals surface area contributed by atoms with E-state index >= 15 is 0 Å². The molecule has 1 aromatic heterocycles. The van der Waals surface area contributed by atoms with E-state index in [2.05, 4.69) is 39.6 Å². The molecule has 1 N–H and O–H groups in total. The molecule has 0 saturated heterocycles. The maximum atomic E-state index is 12.9. The fourth-order valence-electron chi connectivity index (χ4n) is 2.72. The van der Waals surface area contributed by atoms with Gasteiger partial charge in [-0.25, -0.2) is 13.1 Å². The molecule has 2 rings (SSSR count). The molecule has 0 aliphatic rings. The molecule has 156 valence electrons. The highest BCUT2D eigenvalue weighted by Gasteiger charge is 2.37. The standard InChI is InChI=1S/C18H23BrF3N3O2S/c1-12(2)11-14-5-7-15(8-6-14)28(26,27)23-9-4-10-25-13(3)16(19)17(24-25)18(20,21)22/h5-8,12,23H,4,9-11H2,1-3H3. The summed E-state index contributed by atoms with van der Waals surface area (Å²) in [7, 11) is -3.67. The summed E-state index contributed by atoms with van der Waals surface area (Å²) < 4.78 is 66.9. The molecule has 0 radical (unpaired) electrons. The lowest BCUT2D eigenvalue weighted by molar-refractivity contribution is -0.142. The van der Waals surface area contributed by atoms with E-state index in [0.717, 1.165) is 12.0 Å². The summed E-state index contributed by atoms with van der Waals surface area (Å²) in [5.41, 5.74) is 0.428. The minimum absolute atomic E-state index is 0.0916. The van der Waals surface area contributed by atoms with E-state index in [-0.39, 0.29) is 22.5 Å². The van der Waals surface area contributed by atoms with Crippen LogP contribution in [-0.2, 0) is 29.2 Å². The summed E-state index contributed by atoms with van der Waals surface area (Å²) in [6.45, 7) is 5.95. The van der Waals surface area contributed by atoms with E-state index in [1.807, 2.05) is 0 Å². The van der Waals surface area contributed by atoms with Crippen LogP contribution in [0.4, 0.5) is 13.2 Å². The molecule has 5 nitrogen and oxygen atoms in total. The summed E-state index contributed by atoms with van der Waals surface area (Å²) in [5, 5.41) is 3.57. The highest BCUT2D eigenvalue weighted by Crippen LogP contribution is 2.35. The average molecular weight is 482 g/mol. The first kappa shape index (κ1) is 22.9. The molecule has 0 aliphatic carbocycles. The predicted octanol–water partition coefficient (Wildman–Crippen LogP) is 4.54. The molecule has 2 aromatic rings. The number of benzene rings is 1. The van der Waals surface area contributed by atoms with Crippen LogP contribution in [0.1, 0.15) is 37.2 Å². The van der Waals surface area contributed by atoms with Crippen LogP contribution in [0.5, 0.6) is 0 Å². The van der Waals surface area contributed by atoms with Crippen LogP contribution < -0.4 is 4.72 Å². The van der Waals surface area contributed by atoms with Crippen molar-refractivity contribution in [1.82, 2.24) is 14.5 Å². The van der Waals surface area contributed by atoms with Crippen molar-refractivity contribution in [3.63, 3.8) is 0 Å². The lowest BCUT2D eigenvalue weighted by Crippen LogP contribution is -2.25. The van der Waals surface area contributed by atoms with Crippen LogP contribution in [-0.4, -0.2) is 24.7 Å². The molecule has 0 amide bonds. The van der Waals surface area contributed by atoms with Gasteiger partial charge in [0, 0.05) is 13.1 Å². The zero-order valence-electron chi connectivity index (χ0n) is 15.8. The summed E-state index contributed by atoms with van der Waals surface area (Å²) in [6.07, 6.45) is -3.37. The summed E-state index contributed by atoms with van der Waals surface area (Å²) in [6, 6.07) is 6.70. The Morgan fingerprint density at radius 1 is 1.21 bits per heavy atom. The minimum atomic E-state index is -4.54. The highest BCUT2D eigenvalue weighted by atomic mass is 79.9. The normalized spacial score (nSPS) is 12.7. The van der Waals surface area contributed by atoms with Gasteiger partial charge in [0.25, 0.3) is 0 Å². The van der Waals surface area contributed by atoms with Crippen molar-refractivity contribution in [2.24, 2.45) is 5.92 Å². The molecule has 0 unspecified atom stereocenters. The Hall–Kier alpha value is -1.39. The average Bonchev–Trinajstić information content (AvgIpc) is 2.87. The second-order valence-corrected chi connectivity index (χ2v) is 9.52. The van der Waals surface area contributed by atoms with Gasteiger partial charge in [-0.05, 0) is 59.3 Å². The van der Waals surface area contributed by atoms with Crippen LogP contribution in [0, 0.1) is 12.8 Å². The maximum absolute atomic E-state index is 12.9. The molecule has 10 heteroatoms. The molecule has 0 spiro atoms. The number of sulfonamides is 1. The molecule has 0 atom stereocenters. The van der Waals surface area contributed by atoms with Crippen LogP contribution in [0.15, 0.2) is 33.6 Å². The second kappa shape index (κ2) is 8.96. The number of halogens is 4. The van der Waals surface area contributed by atoms with Crippen LogP contribution >= 0.6 is 15.9 Å². The number of aromatic nitrogens is 2. The first-order valence-corrected chi connectivity index (χ1v) is 11.1. The SMILES string of the molecule is Cc1c(Br)c(C(F)(F)F)nn1CCCNS(=O)(=O)c1ccc(CC(C)C)cc1. The first-order chi connectivity index (χ1) is 12.9. The van der Waals surface area contributed by atoms with Gasteiger partial charge in [0.1, 0.15) is 0 Å². The predicted molar refractivity (Wildman–Crippen MR) is 104 cm³/mol. The largest absolute Gasteiger partial charge is 0.436 e. The molecule has 1 heterocycles. The van der Waals surface area contributed by atoms with Gasteiger partial charge < -0.3 is 0 Å². The minimum Gasteiger partial charge on any atom is -0.268 e. The van der Waals surface area contributed by atoms with Crippen molar-refractivity contribution in [2.45, 2.75) is 51.2 Å². The van der Waals surface area contributed by atoms with E-state index in [1.54, 1.807) is 24.3 Å². The van der Waals surface area contributed by atoms with Crippen molar-refractivity contribution in [3.05, 3.63) is 45.7 Å². The van der Waals surface area contributed by atoms with E-state index in [0.29, 0.717) is 18.0 Å². The van der Waals surface area contributed by atoms with Gasteiger partial charge >= 0.3 is 6.18 Å². The molecule has 0 saturated carbocycles. The second-order valence-electron chi connectivity index (χ2n) is 6.96. The van der Waals surface area contributed by atoms with Gasteiger partial charge in [-0.15, -0.1) is 0 Å². The summed E-state index contributed by atoms with van der Waals surface area (Å²) >= 11 is 2.91. The third-order valence-corrected chi connectivity index (χ3v) is 6.54. The van der Waals surface area contributed by atoms with Gasteiger partial charge in [0.15, 0.2) is 5.69 Å². The number of nitrogens with zero attached hydrogens (tertiary/aromatic N) is 2. The smallest absolute Gasteiger partial charge is 0.268 e. The fraction of sp³-hybridized carbons (Fsp3) is 0.500. The number of rotatable bonds is 8. The molecular formula is C18H23BrF3N3O2S. The van der Waals surface area contributed by atoms with Crippen molar-refractivity contribution in [2.75, 3.05) is 6.54 Å². The Labute approximate surface area is 171 Å². The maximum Gasteiger partial charge on any atom is 0.436 e. The van der Waals surface area contributed by atoms with E-state index in [9.17, 15) is 21.6 Å². The van der Waals surface area contributed by atoms with Gasteiger partial charge in [0.05, 0.1) is 15.1 Å².